The molecule has 0 atom stereocenters. The summed E-state index contributed by atoms with van der Waals surface area (Å²) < 4.78 is 2.11. The Morgan fingerprint density at radius 2 is 2.24 bits per heavy atom. The van der Waals surface area contributed by atoms with E-state index in [-0.39, 0.29) is 5.91 Å². The first-order valence-corrected chi connectivity index (χ1v) is 7.46. The predicted molar refractivity (Wildman–Crippen MR) is 83.3 cm³/mol. The largest absolute Gasteiger partial charge is 0.375 e. The second kappa shape index (κ2) is 7.92. The molecule has 1 aromatic rings. The van der Waals surface area contributed by atoms with E-state index in [2.05, 4.69) is 56.1 Å². The van der Waals surface area contributed by atoms with Crippen molar-refractivity contribution in [1.82, 2.24) is 5.32 Å². The fourth-order valence-electron chi connectivity index (χ4n) is 1.28. The van der Waals surface area contributed by atoms with E-state index in [9.17, 15) is 4.79 Å². The van der Waals surface area contributed by atoms with E-state index in [4.69, 9.17) is 0 Å². The van der Waals surface area contributed by atoms with Gasteiger partial charge in [0.15, 0.2) is 0 Å². The molecule has 0 unspecified atom stereocenters. The maximum atomic E-state index is 11.5. The summed E-state index contributed by atoms with van der Waals surface area (Å²) in [6, 6.07) is 5.99. The molecule has 94 valence electrons. The highest BCUT2D eigenvalue weighted by Crippen LogP contribution is 2.23. The molecule has 0 heterocycles. The summed E-state index contributed by atoms with van der Waals surface area (Å²) in [6.07, 6.45) is 2.12. The zero-order valence-corrected chi connectivity index (χ0v) is 13.5. The molecule has 0 aliphatic carbocycles. The van der Waals surface area contributed by atoms with Crippen molar-refractivity contribution < 1.29 is 4.79 Å². The van der Waals surface area contributed by atoms with E-state index in [1.54, 1.807) is 0 Å². The van der Waals surface area contributed by atoms with Crippen LogP contribution in [0.1, 0.15) is 19.8 Å². The average Bonchev–Trinajstić information content (AvgIpc) is 2.31. The molecule has 1 amide bonds. The van der Waals surface area contributed by atoms with Gasteiger partial charge in [0, 0.05) is 20.3 Å². The highest BCUT2D eigenvalue weighted by molar-refractivity contribution is 14.1. The van der Waals surface area contributed by atoms with Crippen LogP contribution >= 0.6 is 38.5 Å². The first-order chi connectivity index (χ1) is 8.13. The smallest absolute Gasteiger partial charge is 0.239 e. The van der Waals surface area contributed by atoms with Crippen molar-refractivity contribution >= 4 is 50.1 Å². The molecule has 0 aliphatic heterocycles. The number of hydrogen-bond acceptors (Lipinski definition) is 2. The molecule has 0 radical (unpaired) electrons. The quantitative estimate of drug-likeness (QED) is 0.557. The van der Waals surface area contributed by atoms with E-state index < -0.39 is 0 Å². The van der Waals surface area contributed by atoms with Gasteiger partial charge in [0.25, 0.3) is 0 Å². The fourth-order valence-corrected chi connectivity index (χ4v) is 2.15. The van der Waals surface area contributed by atoms with Crippen molar-refractivity contribution in [2.75, 3.05) is 18.4 Å². The predicted octanol–water partition coefficient (Wildman–Crippen LogP) is 3.38. The Kier molecular flexibility index (Phi) is 6.87. The lowest BCUT2D eigenvalue weighted by atomic mass is 10.3. The van der Waals surface area contributed by atoms with Crippen LogP contribution in [0, 0.1) is 3.57 Å². The van der Waals surface area contributed by atoms with Crippen molar-refractivity contribution in [3.8, 4) is 0 Å². The van der Waals surface area contributed by atoms with E-state index in [1.165, 1.54) is 0 Å². The van der Waals surface area contributed by atoms with Crippen LogP contribution in [-0.4, -0.2) is 19.0 Å². The van der Waals surface area contributed by atoms with Crippen LogP contribution < -0.4 is 10.6 Å². The third-order valence-electron chi connectivity index (χ3n) is 2.22. The second-order valence-electron chi connectivity index (χ2n) is 3.68. The van der Waals surface area contributed by atoms with Crippen LogP contribution in [0.15, 0.2) is 22.7 Å². The molecular formula is C12H16BrIN2O. The van der Waals surface area contributed by atoms with Gasteiger partial charge in [-0.15, -0.1) is 0 Å². The molecule has 0 aromatic heterocycles. The number of nitrogens with one attached hydrogen (secondary N) is 2. The number of hydrogen-bond donors (Lipinski definition) is 2. The highest BCUT2D eigenvalue weighted by atomic mass is 127. The van der Waals surface area contributed by atoms with E-state index in [1.807, 2.05) is 18.2 Å². The normalized spacial score (nSPS) is 10.1. The van der Waals surface area contributed by atoms with Gasteiger partial charge in [0.1, 0.15) is 0 Å². The number of amides is 1. The van der Waals surface area contributed by atoms with Gasteiger partial charge in [-0.1, -0.05) is 13.3 Å². The van der Waals surface area contributed by atoms with Crippen molar-refractivity contribution in [2.45, 2.75) is 19.8 Å². The van der Waals surface area contributed by atoms with Crippen LogP contribution in [0.25, 0.3) is 0 Å². The van der Waals surface area contributed by atoms with Gasteiger partial charge in [-0.2, -0.15) is 0 Å². The standard InChI is InChI=1S/C12H16BrIN2O/c1-2-3-6-15-12(17)8-16-11-7-9(14)4-5-10(11)13/h4-5,7,16H,2-3,6,8H2,1H3,(H,15,17). The Morgan fingerprint density at radius 1 is 1.47 bits per heavy atom. The SMILES string of the molecule is CCCCNC(=O)CNc1cc(I)ccc1Br. The zero-order chi connectivity index (χ0) is 12.7. The lowest BCUT2D eigenvalue weighted by Crippen LogP contribution is -2.30. The lowest BCUT2D eigenvalue weighted by Gasteiger charge is -2.09. The molecule has 5 heteroatoms. The zero-order valence-electron chi connectivity index (χ0n) is 9.72. The van der Waals surface area contributed by atoms with Gasteiger partial charge in [-0.25, -0.2) is 0 Å². The first-order valence-electron chi connectivity index (χ1n) is 5.59. The molecule has 17 heavy (non-hydrogen) atoms. The Labute approximate surface area is 124 Å². The Morgan fingerprint density at radius 3 is 2.94 bits per heavy atom. The molecule has 0 spiro atoms. The summed E-state index contributed by atoms with van der Waals surface area (Å²) in [7, 11) is 0. The van der Waals surface area contributed by atoms with E-state index in [0.29, 0.717) is 6.54 Å². The third kappa shape index (κ3) is 5.72. The fraction of sp³-hybridized carbons (Fsp3) is 0.417. The molecule has 1 aromatic carbocycles. The van der Waals surface area contributed by atoms with Crippen LogP contribution in [0.2, 0.25) is 0 Å². The van der Waals surface area contributed by atoms with Crippen LogP contribution in [0.5, 0.6) is 0 Å². The molecule has 2 N–H and O–H groups in total. The second-order valence-corrected chi connectivity index (χ2v) is 5.78. The molecule has 3 nitrogen and oxygen atoms in total. The first kappa shape index (κ1) is 14.8. The maximum absolute atomic E-state index is 11.5. The third-order valence-corrected chi connectivity index (χ3v) is 3.58. The molecule has 0 saturated heterocycles. The number of carbonyl (C=O) groups is 1. The van der Waals surface area contributed by atoms with Crippen molar-refractivity contribution in [2.24, 2.45) is 0 Å². The lowest BCUT2D eigenvalue weighted by molar-refractivity contribution is -0.119. The summed E-state index contributed by atoms with van der Waals surface area (Å²) in [5, 5.41) is 5.99. The van der Waals surface area contributed by atoms with Crippen LogP contribution in [0.3, 0.4) is 0 Å². The van der Waals surface area contributed by atoms with Gasteiger partial charge in [0.2, 0.25) is 5.91 Å². The topological polar surface area (TPSA) is 41.1 Å². The molecular weight excluding hydrogens is 395 g/mol. The van der Waals surface area contributed by atoms with Gasteiger partial charge in [-0.3, -0.25) is 4.79 Å². The molecule has 1 rings (SSSR count). The number of anilines is 1. The van der Waals surface area contributed by atoms with Gasteiger partial charge in [-0.05, 0) is 63.1 Å². The number of rotatable bonds is 6. The maximum Gasteiger partial charge on any atom is 0.239 e. The monoisotopic (exact) mass is 410 g/mol. The van der Waals surface area contributed by atoms with Crippen molar-refractivity contribution in [3.63, 3.8) is 0 Å². The Balaban J connectivity index is 2.39. The van der Waals surface area contributed by atoms with Crippen molar-refractivity contribution in [3.05, 3.63) is 26.2 Å². The number of unbranched alkanes of at least 4 members (excludes halogenated alkanes) is 1. The average molecular weight is 411 g/mol. The Hall–Kier alpha value is -0.300. The molecule has 0 bridgehead atoms. The molecule has 0 fully saturated rings. The Bertz CT molecular complexity index is 385. The van der Waals surface area contributed by atoms with Gasteiger partial charge in [0.05, 0.1) is 6.54 Å². The molecule has 0 aliphatic rings. The molecule has 0 saturated carbocycles. The number of benzene rings is 1. The van der Waals surface area contributed by atoms with Crippen LogP contribution in [0.4, 0.5) is 5.69 Å². The number of halogens is 2. The summed E-state index contributed by atoms with van der Waals surface area (Å²) >= 11 is 5.69. The van der Waals surface area contributed by atoms with E-state index >= 15 is 0 Å². The van der Waals surface area contributed by atoms with Crippen molar-refractivity contribution in [1.29, 1.82) is 0 Å². The summed E-state index contributed by atoms with van der Waals surface area (Å²) in [5.41, 5.74) is 0.947. The van der Waals surface area contributed by atoms with Gasteiger partial charge < -0.3 is 10.6 Å². The summed E-state index contributed by atoms with van der Waals surface area (Å²) in [5.74, 6) is 0.0317. The summed E-state index contributed by atoms with van der Waals surface area (Å²) in [4.78, 5) is 11.5. The number of carbonyl (C=O) groups excluding carboxylic acids is 1. The highest BCUT2D eigenvalue weighted by Gasteiger charge is 2.03. The van der Waals surface area contributed by atoms with Gasteiger partial charge >= 0.3 is 0 Å². The summed E-state index contributed by atoms with van der Waals surface area (Å²) in [6.45, 7) is 3.17. The van der Waals surface area contributed by atoms with Crippen LogP contribution in [-0.2, 0) is 4.79 Å². The van der Waals surface area contributed by atoms with E-state index in [0.717, 1.165) is 33.1 Å². The minimum Gasteiger partial charge on any atom is -0.375 e. The minimum absolute atomic E-state index is 0.0317. The minimum atomic E-state index is 0.0317.